The van der Waals surface area contributed by atoms with Crippen LogP contribution in [0.25, 0.3) is 0 Å². The monoisotopic (exact) mass is 229 g/mol. The molecule has 16 heavy (non-hydrogen) atoms. The van der Waals surface area contributed by atoms with Crippen molar-refractivity contribution in [3.8, 4) is 0 Å². The fourth-order valence-electron chi connectivity index (χ4n) is 1.50. The molecule has 3 nitrogen and oxygen atoms in total. The van der Waals surface area contributed by atoms with E-state index in [2.05, 4.69) is 12.2 Å². The highest BCUT2D eigenvalue weighted by atomic mass is 16.5. The molecule has 0 aromatic heterocycles. The van der Waals surface area contributed by atoms with Gasteiger partial charge in [0.25, 0.3) is 0 Å². The molecule has 0 spiro atoms. The fourth-order valence-corrected chi connectivity index (χ4v) is 1.50. The zero-order valence-electron chi connectivity index (χ0n) is 10.9. The molecule has 0 atom stereocenters. The maximum absolute atomic E-state index is 11.4. The van der Waals surface area contributed by atoms with E-state index in [1.54, 1.807) is 0 Å². The summed E-state index contributed by atoms with van der Waals surface area (Å²) in [5, 5.41) is 2.95. The zero-order chi connectivity index (χ0) is 12.1. The average Bonchev–Trinajstić information content (AvgIpc) is 2.28. The predicted molar refractivity (Wildman–Crippen MR) is 67.5 cm³/mol. The van der Waals surface area contributed by atoms with Gasteiger partial charge >= 0.3 is 0 Å². The Hall–Kier alpha value is -0.570. The Labute approximate surface area is 99.9 Å². The summed E-state index contributed by atoms with van der Waals surface area (Å²) in [7, 11) is 0. The second kappa shape index (κ2) is 12.5. The van der Waals surface area contributed by atoms with E-state index in [1.165, 1.54) is 19.3 Å². The van der Waals surface area contributed by atoms with Crippen molar-refractivity contribution in [1.29, 1.82) is 0 Å². The Morgan fingerprint density at radius 3 is 2.56 bits per heavy atom. The number of unbranched alkanes of at least 4 members (excludes halogenated alkanes) is 4. The van der Waals surface area contributed by atoms with Gasteiger partial charge in [0.2, 0.25) is 5.91 Å². The van der Waals surface area contributed by atoms with Crippen LogP contribution in [0.2, 0.25) is 0 Å². The van der Waals surface area contributed by atoms with Crippen molar-refractivity contribution >= 4 is 5.91 Å². The van der Waals surface area contributed by atoms with Crippen LogP contribution in [0.4, 0.5) is 0 Å². The minimum Gasteiger partial charge on any atom is -0.382 e. The van der Waals surface area contributed by atoms with Crippen LogP contribution in [0.5, 0.6) is 0 Å². The van der Waals surface area contributed by atoms with Gasteiger partial charge in [-0.1, -0.05) is 26.2 Å². The number of hydrogen-bond acceptors (Lipinski definition) is 2. The van der Waals surface area contributed by atoms with Crippen molar-refractivity contribution in [3.63, 3.8) is 0 Å². The average molecular weight is 229 g/mol. The highest BCUT2D eigenvalue weighted by Crippen LogP contribution is 1.98. The molecule has 0 aliphatic rings. The lowest BCUT2D eigenvalue weighted by atomic mass is 10.2. The third-order valence-electron chi connectivity index (χ3n) is 2.50. The molecule has 0 unspecified atom stereocenters. The van der Waals surface area contributed by atoms with Gasteiger partial charge in [-0.2, -0.15) is 0 Å². The van der Waals surface area contributed by atoms with Crippen molar-refractivity contribution in [1.82, 2.24) is 5.32 Å². The number of carbonyl (C=O) groups is 1. The number of carbonyl (C=O) groups excluding carboxylic acids is 1. The van der Waals surface area contributed by atoms with Crippen LogP contribution >= 0.6 is 0 Å². The fraction of sp³-hybridized carbons (Fsp3) is 0.923. The molecule has 0 heterocycles. The van der Waals surface area contributed by atoms with Crippen molar-refractivity contribution < 1.29 is 9.53 Å². The van der Waals surface area contributed by atoms with E-state index in [1.807, 2.05) is 6.92 Å². The molecule has 1 N–H and O–H groups in total. The van der Waals surface area contributed by atoms with Crippen LogP contribution in [0.15, 0.2) is 0 Å². The van der Waals surface area contributed by atoms with E-state index in [9.17, 15) is 4.79 Å². The summed E-state index contributed by atoms with van der Waals surface area (Å²) in [4.78, 5) is 11.4. The highest BCUT2D eigenvalue weighted by molar-refractivity contribution is 5.75. The molecule has 0 saturated carbocycles. The van der Waals surface area contributed by atoms with E-state index in [0.29, 0.717) is 6.42 Å². The van der Waals surface area contributed by atoms with E-state index in [-0.39, 0.29) is 5.91 Å². The first kappa shape index (κ1) is 15.4. The van der Waals surface area contributed by atoms with Gasteiger partial charge in [-0.25, -0.2) is 0 Å². The second-order valence-corrected chi connectivity index (χ2v) is 4.06. The minimum atomic E-state index is 0.188. The van der Waals surface area contributed by atoms with Crippen LogP contribution < -0.4 is 5.32 Å². The van der Waals surface area contributed by atoms with Gasteiger partial charge in [-0.3, -0.25) is 4.79 Å². The van der Waals surface area contributed by atoms with Gasteiger partial charge < -0.3 is 10.1 Å². The number of ether oxygens (including phenoxy) is 1. The van der Waals surface area contributed by atoms with Crippen LogP contribution in [-0.2, 0) is 9.53 Å². The summed E-state index contributed by atoms with van der Waals surface area (Å²) < 4.78 is 5.21. The molecule has 0 saturated heterocycles. The predicted octanol–water partition coefficient (Wildman–Crippen LogP) is 2.89. The molecule has 0 rings (SSSR count). The van der Waals surface area contributed by atoms with Crippen LogP contribution in [0, 0.1) is 0 Å². The number of nitrogens with one attached hydrogen (secondary N) is 1. The number of amides is 1. The summed E-state index contributed by atoms with van der Waals surface area (Å²) in [5.41, 5.74) is 0. The maximum Gasteiger partial charge on any atom is 0.219 e. The zero-order valence-corrected chi connectivity index (χ0v) is 10.9. The van der Waals surface area contributed by atoms with E-state index in [4.69, 9.17) is 4.74 Å². The first-order valence-corrected chi connectivity index (χ1v) is 6.65. The van der Waals surface area contributed by atoms with Gasteiger partial charge in [0.05, 0.1) is 0 Å². The first-order valence-electron chi connectivity index (χ1n) is 6.65. The van der Waals surface area contributed by atoms with Crippen molar-refractivity contribution in [2.24, 2.45) is 0 Å². The highest BCUT2D eigenvalue weighted by Gasteiger charge is 1.99. The van der Waals surface area contributed by atoms with E-state index < -0.39 is 0 Å². The molecule has 0 fully saturated rings. The van der Waals surface area contributed by atoms with E-state index >= 15 is 0 Å². The van der Waals surface area contributed by atoms with Crippen LogP contribution in [0.1, 0.15) is 58.8 Å². The first-order chi connectivity index (χ1) is 7.81. The lowest BCUT2D eigenvalue weighted by Gasteiger charge is -2.05. The Balaban J connectivity index is 3.12. The molecule has 0 aliphatic heterocycles. The standard InChI is InChI=1S/C13H27NO2/c1-3-5-6-8-11-14-13(15)10-7-9-12-16-4-2/h3-12H2,1-2H3,(H,14,15). The van der Waals surface area contributed by atoms with E-state index in [0.717, 1.165) is 39.0 Å². The van der Waals surface area contributed by atoms with Crippen LogP contribution in [0.3, 0.4) is 0 Å². The van der Waals surface area contributed by atoms with Gasteiger partial charge in [0, 0.05) is 26.2 Å². The smallest absolute Gasteiger partial charge is 0.219 e. The maximum atomic E-state index is 11.4. The molecular weight excluding hydrogens is 202 g/mol. The van der Waals surface area contributed by atoms with Crippen molar-refractivity contribution in [2.75, 3.05) is 19.8 Å². The molecule has 0 aromatic rings. The molecule has 1 amide bonds. The topological polar surface area (TPSA) is 38.3 Å². The normalized spacial score (nSPS) is 10.4. The summed E-state index contributed by atoms with van der Waals surface area (Å²) in [6.45, 7) is 6.56. The molecule has 96 valence electrons. The van der Waals surface area contributed by atoms with Gasteiger partial charge in [0.1, 0.15) is 0 Å². The second-order valence-electron chi connectivity index (χ2n) is 4.06. The SMILES string of the molecule is CCCCCCNC(=O)CCCCOCC. The molecule has 0 aromatic carbocycles. The molecule has 0 aliphatic carbocycles. The Morgan fingerprint density at radius 1 is 1.06 bits per heavy atom. The van der Waals surface area contributed by atoms with Gasteiger partial charge in [-0.05, 0) is 26.2 Å². The largest absolute Gasteiger partial charge is 0.382 e. The quantitative estimate of drug-likeness (QED) is 0.553. The minimum absolute atomic E-state index is 0.188. The molecule has 0 radical (unpaired) electrons. The van der Waals surface area contributed by atoms with Gasteiger partial charge in [-0.15, -0.1) is 0 Å². The number of hydrogen-bond donors (Lipinski definition) is 1. The van der Waals surface area contributed by atoms with Crippen LogP contribution in [-0.4, -0.2) is 25.7 Å². The lowest BCUT2D eigenvalue weighted by Crippen LogP contribution is -2.24. The Kier molecular flexibility index (Phi) is 12.1. The summed E-state index contributed by atoms with van der Waals surface area (Å²) >= 11 is 0. The summed E-state index contributed by atoms with van der Waals surface area (Å²) in [5.74, 6) is 0.188. The molecule has 3 heteroatoms. The summed E-state index contributed by atoms with van der Waals surface area (Å²) in [6.07, 6.45) is 7.40. The summed E-state index contributed by atoms with van der Waals surface area (Å²) in [6, 6.07) is 0. The molecule has 0 bridgehead atoms. The van der Waals surface area contributed by atoms with Gasteiger partial charge in [0.15, 0.2) is 0 Å². The Morgan fingerprint density at radius 2 is 1.88 bits per heavy atom. The Bertz CT molecular complexity index is 144. The molecular formula is C13H27NO2. The lowest BCUT2D eigenvalue weighted by molar-refractivity contribution is -0.121. The third kappa shape index (κ3) is 11.5. The third-order valence-corrected chi connectivity index (χ3v) is 2.50. The van der Waals surface area contributed by atoms with Crippen molar-refractivity contribution in [3.05, 3.63) is 0 Å². The number of rotatable bonds is 11. The van der Waals surface area contributed by atoms with Crippen molar-refractivity contribution in [2.45, 2.75) is 58.8 Å².